The molecule has 0 aliphatic carbocycles. The van der Waals surface area contributed by atoms with Gasteiger partial charge in [-0.1, -0.05) is 6.92 Å². The Kier molecular flexibility index (Phi) is 6.31. The fourth-order valence-corrected chi connectivity index (χ4v) is 5.49. The minimum absolute atomic E-state index is 0.0911. The first-order valence-electron chi connectivity index (χ1n) is 11.6. The smallest absolute Gasteiger partial charge is 0.251 e. The number of aromatic nitrogens is 3. The van der Waals surface area contributed by atoms with E-state index in [1.165, 1.54) is 4.88 Å². The fourth-order valence-electron chi connectivity index (χ4n) is 4.38. The molecule has 182 valence electrons. The number of amides is 2. The lowest BCUT2D eigenvalue weighted by Crippen LogP contribution is -2.49. The maximum Gasteiger partial charge on any atom is 0.251 e. The molecule has 9 nitrogen and oxygen atoms in total. The Morgan fingerprint density at radius 3 is 2.91 bits per heavy atom. The number of aliphatic hydroxyl groups excluding tert-OH is 1. The van der Waals surface area contributed by atoms with Crippen LogP contribution < -0.4 is 10.6 Å². The van der Waals surface area contributed by atoms with E-state index in [2.05, 4.69) is 20.8 Å². The highest BCUT2D eigenvalue weighted by atomic mass is 32.1. The summed E-state index contributed by atoms with van der Waals surface area (Å²) in [7, 11) is 1.93. The molecule has 10 heteroatoms. The quantitative estimate of drug-likeness (QED) is 0.296. The van der Waals surface area contributed by atoms with Crippen LogP contribution in [0.3, 0.4) is 0 Å². The molecule has 0 radical (unpaired) electrons. The molecule has 1 aliphatic rings. The zero-order valence-electron chi connectivity index (χ0n) is 19.6. The van der Waals surface area contributed by atoms with Gasteiger partial charge in [-0.15, -0.1) is 11.3 Å². The SMILES string of the molecule is CC[C@@H](NC(=O)c1ccc2[nH]ncc2c1)C(=O)N1CCc2sc(C(O)Nc3ccn(C)c3)cc2C1. The Morgan fingerprint density at radius 1 is 1.29 bits per heavy atom. The minimum Gasteiger partial charge on any atom is -0.369 e. The summed E-state index contributed by atoms with van der Waals surface area (Å²) in [5.74, 6) is -0.370. The van der Waals surface area contributed by atoms with Crippen LogP contribution in [0.4, 0.5) is 5.69 Å². The Bertz CT molecular complexity index is 1370. The zero-order valence-corrected chi connectivity index (χ0v) is 20.4. The average Bonchev–Trinajstić information content (AvgIpc) is 3.60. The van der Waals surface area contributed by atoms with Crippen molar-refractivity contribution in [2.45, 2.75) is 38.6 Å². The third-order valence-electron chi connectivity index (χ3n) is 6.32. The highest BCUT2D eigenvalue weighted by Crippen LogP contribution is 2.32. The second-order valence-electron chi connectivity index (χ2n) is 8.83. The number of hydrogen-bond donors (Lipinski definition) is 4. The van der Waals surface area contributed by atoms with Gasteiger partial charge >= 0.3 is 0 Å². The molecule has 0 bridgehead atoms. The molecule has 0 spiro atoms. The molecule has 0 saturated heterocycles. The molecule has 1 aliphatic heterocycles. The molecule has 0 saturated carbocycles. The molecule has 5 rings (SSSR count). The Morgan fingerprint density at radius 2 is 2.14 bits per heavy atom. The van der Waals surface area contributed by atoms with Gasteiger partial charge in [-0.2, -0.15) is 5.10 Å². The number of benzene rings is 1. The topological polar surface area (TPSA) is 115 Å². The first-order chi connectivity index (χ1) is 16.9. The fraction of sp³-hybridized carbons (Fsp3) is 0.320. The van der Waals surface area contributed by atoms with Crippen LogP contribution in [-0.2, 0) is 24.8 Å². The number of aromatic amines is 1. The predicted octanol–water partition coefficient (Wildman–Crippen LogP) is 3.16. The van der Waals surface area contributed by atoms with Gasteiger partial charge in [0.1, 0.15) is 6.04 Å². The van der Waals surface area contributed by atoms with Crippen LogP contribution in [0.2, 0.25) is 0 Å². The number of hydrogen-bond acceptors (Lipinski definition) is 6. The summed E-state index contributed by atoms with van der Waals surface area (Å²) in [6.07, 6.45) is 5.90. The molecule has 3 aromatic heterocycles. The molecule has 0 fully saturated rings. The molecule has 2 atom stereocenters. The number of nitrogens with zero attached hydrogens (tertiary/aromatic N) is 3. The van der Waals surface area contributed by atoms with E-state index in [1.807, 2.05) is 43.1 Å². The van der Waals surface area contributed by atoms with Gasteiger partial charge in [0, 0.05) is 48.4 Å². The third kappa shape index (κ3) is 4.80. The highest BCUT2D eigenvalue weighted by molar-refractivity contribution is 7.12. The van der Waals surface area contributed by atoms with Crippen molar-refractivity contribution < 1.29 is 14.7 Å². The maximum atomic E-state index is 13.3. The molecule has 35 heavy (non-hydrogen) atoms. The van der Waals surface area contributed by atoms with E-state index in [-0.39, 0.29) is 11.8 Å². The number of H-pyrrole nitrogens is 1. The Labute approximate surface area is 206 Å². The lowest BCUT2D eigenvalue weighted by atomic mass is 10.1. The van der Waals surface area contributed by atoms with Crippen molar-refractivity contribution >= 4 is 39.7 Å². The van der Waals surface area contributed by atoms with Crippen LogP contribution in [0, 0.1) is 0 Å². The van der Waals surface area contributed by atoms with Crippen molar-refractivity contribution in [1.29, 1.82) is 0 Å². The van der Waals surface area contributed by atoms with Crippen LogP contribution in [0.25, 0.3) is 10.9 Å². The normalized spacial score (nSPS) is 15.0. The van der Waals surface area contributed by atoms with E-state index in [0.717, 1.165) is 33.5 Å². The monoisotopic (exact) mass is 492 g/mol. The molecule has 1 aromatic carbocycles. The Balaban J connectivity index is 1.24. The summed E-state index contributed by atoms with van der Waals surface area (Å²) >= 11 is 1.57. The van der Waals surface area contributed by atoms with E-state index >= 15 is 0 Å². The van der Waals surface area contributed by atoms with Crippen molar-refractivity contribution in [1.82, 2.24) is 25.0 Å². The molecule has 1 unspecified atom stereocenters. The number of nitrogens with one attached hydrogen (secondary N) is 3. The standard InChI is InChI=1S/C25H28N6O3S/c1-3-19(28-23(32)15-4-5-20-16(10-15)12-26-29-20)25(34)31-9-7-21-17(13-31)11-22(35-21)24(33)27-18-6-8-30(2)14-18/h4-6,8,10-12,14,19,24,27,33H,3,7,9,13H2,1-2H3,(H,26,29)(H,28,32)/t19-,24?/m1/s1. The van der Waals surface area contributed by atoms with Gasteiger partial charge in [0.2, 0.25) is 5.91 Å². The second kappa shape index (κ2) is 9.55. The van der Waals surface area contributed by atoms with Crippen LogP contribution >= 0.6 is 11.3 Å². The van der Waals surface area contributed by atoms with Crippen LogP contribution in [0.1, 0.15) is 45.2 Å². The van der Waals surface area contributed by atoms with E-state index in [9.17, 15) is 14.7 Å². The van der Waals surface area contributed by atoms with Gasteiger partial charge in [0.15, 0.2) is 6.23 Å². The maximum absolute atomic E-state index is 13.3. The van der Waals surface area contributed by atoms with Crippen molar-refractivity contribution in [3.8, 4) is 0 Å². The summed E-state index contributed by atoms with van der Waals surface area (Å²) < 4.78 is 1.91. The number of aryl methyl sites for hydroxylation is 1. The lowest BCUT2D eigenvalue weighted by molar-refractivity contribution is -0.134. The van der Waals surface area contributed by atoms with Gasteiger partial charge in [0.25, 0.3) is 5.91 Å². The molecule has 2 amide bonds. The molecule has 4 aromatic rings. The number of thiophene rings is 1. The number of rotatable bonds is 7. The third-order valence-corrected chi connectivity index (χ3v) is 7.61. The first kappa shape index (κ1) is 23.1. The summed E-state index contributed by atoms with van der Waals surface area (Å²) in [5, 5.41) is 24.4. The number of anilines is 1. The van der Waals surface area contributed by atoms with Crippen LogP contribution in [0.5, 0.6) is 0 Å². The minimum atomic E-state index is -0.813. The zero-order chi connectivity index (χ0) is 24.5. The molecular weight excluding hydrogens is 464 g/mol. The van der Waals surface area contributed by atoms with Crippen molar-refractivity contribution in [3.63, 3.8) is 0 Å². The van der Waals surface area contributed by atoms with E-state index < -0.39 is 12.3 Å². The lowest BCUT2D eigenvalue weighted by Gasteiger charge is -2.30. The van der Waals surface area contributed by atoms with Gasteiger partial charge in [-0.05, 0) is 48.7 Å². The van der Waals surface area contributed by atoms with Gasteiger partial charge in [-0.25, -0.2) is 0 Å². The molecule has 4 heterocycles. The summed E-state index contributed by atoms with van der Waals surface area (Å²) in [6.45, 7) is 2.95. The number of fused-ring (bicyclic) bond motifs is 2. The summed E-state index contributed by atoms with van der Waals surface area (Å²) in [4.78, 5) is 29.9. The van der Waals surface area contributed by atoms with Crippen molar-refractivity contribution in [3.05, 3.63) is 69.8 Å². The Hall–Kier alpha value is -3.63. The van der Waals surface area contributed by atoms with Crippen molar-refractivity contribution in [2.24, 2.45) is 7.05 Å². The number of aliphatic hydroxyl groups is 1. The summed E-state index contributed by atoms with van der Waals surface area (Å²) in [5.41, 5.74) is 3.24. The summed E-state index contributed by atoms with van der Waals surface area (Å²) in [6, 6.07) is 8.57. The molecular formula is C25H28N6O3S. The van der Waals surface area contributed by atoms with Gasteiger partial charge in [0.05, 0.1) is 22.3 Å². The largest absolute Gasteiger partial charge is 0.369 e. The predicted molar refractivity (Wildman–Crippen MR) is 135 cm³/mol. The van der Waals surface area contributed by atoms with E-state index in [1.54, 1.807) is 40.6 Å². The highest BCUT2D eigenvalue weighted by Gasteiger charge is 2.29. The average molecular weight is 493 g/mol. The van der Waals surface area contributed by atoms with Gasteiger partial charge < -0.3 is 25.2 Å². The van der Waals surface area contributed by atoms with Crippen LogP contribution in [0.15, 0.2) is 48.9 Å². The number of carbonyl (C=O) groups excluding carboxylic acids is 2. The van der Waals surface area contributed by atoms with Gasteiger partial charge in [-0.3, -0.25) is 14.7 Å². The first-order valence-corrected chi connectivity index (χ1v) is 12.4. The number of carbonyl (C=O) groups is 2. The van der Waals surface area contributed by atoms with Crippen molar-refractivity contribution in [2.75, 3.05) is 11.9 Å². The van der Waals surface area contributed by atoms with E-state index in [4.69, 9.17) is 0 Å². The molecule has 4 N–H and O–H groups in total. The van der Waals surface area contributed by atoms with Crippen LogP contribution in [-0.4, -0.2) is 49.2 Å². The van der Waals surface area contributed by atoms with E-state index in [0.29, 0.717) is 25.1 Å². The second-order valence-corrected chi connectivity index (χ2v) is 9.99.